The van der Waals surface area contributed by atoms with Gasteiger partial charge in [-0.2, -0.15) is 0 Å². The van der Waals surface area contributed by atoms with Gasteiger partial charge in [-0.05, 0) is 104 Å². The molecular formula is C43H72NO8P. The van der Waals surface area contributed by atoms with Crippen molar-refractivity contribution in [2.45, 2.75) is 136 Å². The summed E-state index contributed by atoms with van der Waals surface area (Å²) < 4.78 is 33.3. The van der Waals surface area contributed by atoms with E-state index in [-0.39, 0.29) is 26.1 Å². The minimum atomic E-state index is -4.38. The Bertz CT molecular complexity index is 1150. The third kappa shape index (κ3) is 38.7. The molecule has 1 N–H and O–H groups in total. The molecule has 9 nitrogen and oxygen atoms in total. The molecule has 0 bridgehead atoms. The summed E-state index contributed by atoms with van der Waals surface area (Å²) in [5, 5.41) is 0. The lowest BCUT2D eigenvalue weighted by molar-refractivity contribution is -0.161. The normalized spacial score (nSPS) is 14.4. The third-order valence-electron chi connectivity index (χ3n) is 7.69. The highest BCUT2D eigenvalue weighted by atomic mass is 31.2. The second-order valence-corrected chi connectivity index (χ2v) is 14.5. The van der Waals surface area contributed by atoms with Crippen LogP contribution in [0.4, 0.5) is 0 Å². The highest BCUT2D eigenvalue weighted by Crippen LogP contribution is 2.43. The van der Waals surface area contributed by atoms with Gasteiger partial charge < -0.3 is 19.3 Å². The van der Waals surface area contributed by atoms with E-state index in [4.69, 9.17) is 18.5 Å². The molecule has 0 aromatic heterocycles. The van der Waals surface area contributed by atoms with E-state index in [9.17, 15) is 19.0 Å². The Hall–Kier alpha value is -2.81. The summed E-state index contributed by atoms with van der Waals surface area (Å²) in [4.78, 5) is 36.9. The van der Waals surface area contributed by atoms with Crippen molar-refractivity contribution in [3.05, 3.63) is 85.1 Å². The molecule has 0 saturated heterocycles. The maximum Gasteiger partial charge on any atom is 0.472 e. The van der Waals surface area contributed by atoms with Gasteiger partial charge in [0.1, 0.15) is 6.61 Å². The second-order valence-electron chi connectivity index (χ2n) is 13.1. The molecule has 0 fully saturated rings. The van der Waals surface area contributed by atoms with Crippen molar-refractivity contribution in [2.24, 2.45) is 0 Å². The van der Waals surface area contributed by atoms with Gasteiger partial charge >= 0.3 is 19.8 Å². The van der Waals surface area contributed by atoms with Crippen LogP contribution >= 0.6 is 7.82 Å². The summed E-state index contributed by atoms with van der Waals surface area (Å²) in [6.07, 6.45) is 44.9. The minimum absolute atomic E-state index is 0.0117. The highest BCUT2D eigenvalue weighted by Gasteiger charge is 2.26. The van der Waals surface area contributed by atoms with Crippen molar-refractivity contribution in [2.75, 3.05) is 40.5 Å². The Balaban J connectivity index is 4.51. The van der Waals surface area contributed by atoms with Crippen LogP contribution in [0.3, 0.4) is 0 Å². The molecule has 0 aliphatic carbocycles. The summed E-state index contributed by atoms with van der Waals surface area (Å²) >= 11 is 0. The minimum Gasteiger partial charge on any atom is -0.462 e. The van der Waals surface area contributed by atoms with Crippen LogP contribution < -0.4 is 0 Å². The van der Waals surface area contributed by atoms with Crippen LogP contribution in [-0.4, -0.2) is 68.3 Å². The summed E-state index contributed by atoms with van der Waals surface area (Å²) in [6, 6.07) is 0. The van der Waals surface area contributed by atoms with Gasteiger partial charge in [-0.25, -0.2) is 4.57 Å². The number of hydrogen-bond acceptors (Lipinski definition) is 8. The predicted molar refractivity (Wildman–Crippen MR) is 220 cm³/mol. The number of allylic oxidation sites excluding steroid dienone is 14. The number of nitrogens with zero attached hydrogens (tertiary/aromatic N) is 1. The first-order chi connectivity index (χ1) is 25.7. The standard InChI is InChI=1S/C43H72NO8P/c1-5-7-9-11-13-15-17-19-21-23-25-27-29-31-33-35-42(45)49-39-41(40-51-53(47,48)50-38-37-44(3)4)52-43(46)36-34-32-30-28-26-24-22-20-18-16-14-12-10-8-6-2/h8,10,13-16,19-22,25-28,41H,5-7,9,11-12,17-18,23-24,29-40H2,1-4H3,(H,47,48)/b10-8-,15-13-,16-14-,21-19-,22-20-,27-25-,28-26-. The van der Waals surface area contributed by atoms with Crippen LogP contribution in [0.2, 0.25) is 0 Å². The number of esters is 2. The predicted octanol–water partition coefficient (Wildman–Crippen LogP) is 11.1. The average Bonchev–Trinajstić information content (AvgIpc) is 3.12. The maximum atomic E-state index is 12.6. The van der Waals surface area contributed by atoms with Crippen molar-refractivity contribution >= 4 is 19.8 Å². The molecule has 0 aliphatic heterocycles. The Morgan fingerprint density at radius 3 is 1.53 bits per heavy atom. The molecule has 0 spiro atoms. The van der Waals surface area contributed by atoms with Gasteiger partial charge in [0, 0.05) is 19.4 Å². The molecule has 2 unspecified atom stereocenters. The first-order valence-corrected chi connectivity index (χ1v) is 21.4. The Kier molecular flexibility index (Phi) is 35.5. The van der Waals surface area contributed by atoms with E-state index in [1.807, 2.05) is 14.1 Å². The van der Waals surface area contributed by atoms with E-state index in [1.165, 1.54) is 19.3 Å². The molecule has 0 aromatic rings. The fourth-order valence-electron chi connectivity index (χ4n) is 4.62. The molecule has 2 atom stereocenters. The zero-order valence-corrected chi connectivity index (χ0v) is 34.3. The van der Waals surface area contributed by atoms with Gasteiger partial charge in [0.15, 0.2) is 6.10 Å². The quantitative estimate of drug-likeness (QED) is 0.0292. The van der Waals surface area contributed by atoms with Gasteiger partial charge in [-0.3, -0.25) is 18.6 Å². The second kappa shape index (κ2) is 37.5. The molecule has 0 aromatic carbocycles. The maximum absolute atomic E-state index is 12.6. The van der Waals surface area contributed by atoms with Crippen molar-refractivity contribution in [3.63, 3.8) is 0 Å². The molecule has 0 rings (SSSR count). The molecule has 0 amide bonds. The number of ether oxygens (including phenoxy) is 2. The largest absolute Gasteiger partial charge is 0.472 e. The first kappa shape index (κ1) is 50.2. The summed E-state index contributed by atoms with van der Waals surface area (Å²) in [5.41, 5.74) is 0. The van der Waals surface area contributed by atoms with Crippen LogP contribution in [0, 0.1) is 0 Å². The lowest BCUT2D eigenvalue weighted by Gasteiger charge is -2.20. The number of phosphoric ester groups is 1. The molecule has 0 heterocycles. The Morgan fingerprint density at radius 2 is 1.06 bits per heavy atom. The van der Waals surface area contributed by atoms with Crippen LogP contribution in [0.1, 0.15) is 129 Å². The van der Waals surface area contributed by atoms with E-state index < -0.39 is 32.5 Å². The summed E-state index contributed by atoms with van der Waals surface area (Å²) in [6.45, 7) is 4.05. The zero-order valence-electron chi connectivity index (χ0n) is 33.4. The van der Waals surface area contributed by atoms with E-state index in [0.717, 1.165) is 70.6 Å². The molecule has 302 valence electrons. The molecular weight excluding hydrogens is 689 g/mol. The molecule has 53 heavy (non-hydrogen) atoms. The number of hydrogen-bond donors (Lipinski definition) is 1. The van der Waals surface area contributed by atoms with E-state index in [2.05, 4.69) is 98.9 Å². The topological polar surface area (TPSA) is 112 Å². The van der Waals surface area contributed by atoms with Crippen LogP contribution in [-0.2, 0) is 32.7 Å². The monoisotopic (exact) mass is 761 g/mol. The molecule has 0 saturated carbocycles. The van der Waals surface area contributed by atoms with E-state index in [0.29, 0.717) is 19.4 Å². The number of carbonyl (C=O) groups is 2. The van der Waals surface area contributed by atoms with E-state index >= 15 is 0 Å². The molecule has 0 radical (unpaired) electrons. The summed E-state index contributed by atoms with van der Waals surface area (Å²) in [5.74, 6) is -0.908. The van der Waals surface area contributed by atoms with Crippen molar-refractivity contribution in [1.29, 1.82) is 0 Å². The van der Waals surface area contributed by atoms with Crippen LogP contribution in [0.25, 0.3) is 0 Å². The number of phosphoric acid groups is 1. The van der Waals surface area contributed by atoms with E-state index in [1.54, 1.807) is 4.90 Å². The van der Waals surface area contributed by atoms with Gasteiger partial charge in [0.2, 0.25) is 0 Å². The molecule has 0 aliphatic rings. The number of rotatable bonds is 35. The highest BCUT2D eigenvalue weighted by molar-refractivity contribution is 7.47. The lowest BCUT2D eigenvalue weighted by Crippen LogP contribution is -2.29. The summed E-state index contributed by atoms with van der Waals surface area (Å²) in [7, 11) is -0.762. The fraction of sp³-hybridized carbons (Fsp3) is 0.628. The van der Waals surface area contributed by atoms with Crippen molar-refractivity contribution < 1.29 is 37.6 Å². The SMILES string of the molecule is CC/C=C\C/C=C\C/C=C\C/C=C\CCCCC(=O)OC(COC(=O)CCCC/C=C\C/C=C\C/C=C\CCCCC)COP(=O)(O)OCCN(C)C. The Morgan fingerprint density at radius 1 is 0.604 bits per heavy atom. The van der Waals surface area contributed by atoms with Gasteiger partial charge in [0.25, 0.3) is 0 Å². The van der Waals surface area contributed by atoms with Gasteiger partial charge in [-0.15, -0.1) is 0 Å². The van der Waals surface area contributed by atoms with Gasteiger partial charge in [-0.1, -0.05) is 112 Å². The van der Waals surface area contributed by atoms with Crippen LogP contribution in [0.5, 0.6) is 0 Å². The van der Waals surface area contributed by atoms with Crippen molar-refractivity contribution in [1.82, 2.24) is 4.90 Å². The van der Waals surface area contributed by atoms with Crippen LogP contribution in [0.15, 0.2) is 85.1 Å². The van der Waals surface area contributed by atoms with Crippen molar-refractivity contribution in [3.8, 4) is 0 Å². The number of likely N-dealkylation sites (N-methyl/N-ethyl adjacent to an activating group) is 1. The third-order valence-corrected chi connectivity index (χ3v) is 8.67. The Labute approximate surface area is 322 Å². The fourth-order valence-corrected chi connectivity index (χ4v) is 5.36. The number of carbonyl (C=O) groups excluding carboxylic acids is 2. The lowest BCUT2D eigenvalue weighted by atomic mass is 10.1. The average molecular weight is 762 g/mol. The number of unbranched alkanes of at least 4 members (excludes halogenated alkanes) is 7. The van der Waals surface area contributed by atoms with Gasteiger partial charge in [0.05, 0.1) is 13.2 Å². The zero-order chi connectivity index (χ0) is 39.1. The molecule has 10 heteroatoms. The smallest absolute Gasteiger partial charge is 0.462 e. The first-order valence-electron chi connectivity index (χ1n) is 19.9.